The molecule has 0 atom stereocenters. The molecule has 0 fully saturated rings. The molecule has 0 heterocycles. The largest absolute Gasteiger partial charge is 0.375 e. The Bertz CT molecular complexity index is 147. The van der Waals surface area contributed by atoms with Crippen LogP contribution in [0.1, 0.15) is 27.7 Å². The van der Waals surface area contributed by atoms with Gasteiger partial charge in [0.1, 0.15) is 6.61 Å². The van der Waals surface area contributed by atoms with Crippen molar-refractivity contribution in [2.75, 3.05) is 19.8 Å². The molecule has 0 aliphatic carbocycles. The molecule has 13 heavy (non-hydrogen) atoms. The first kappa shape index (κ1) is 12.6. The Hall–Kier alpha value is -0.380. The van der Waals surface area contributed by atoms with Gasteiger partial charge in [-0.25, -0.2) is 9.78 Å². The minimum Gasteiger partial charge on any atom is -0.375 e. The van der Waals surface area contributed by atoms with Gasteiger partial charge in [0.15, 0.2) is 0 Å². The summed E-state index contributed by atoms with van der Waals surface area (Å²) < 4.78 is 5.21. The number of ether oxygens (including phenoxy) is 1. The zero-order chi connectivity index (χ0) is 10.3. The lowest BCUT2D eigenvalue weighted by Crippen LogP contribution is -2.20. The summed E-state index contributed by atoms with van der Waals surface area (Å²) >= 11 is 0. The highest BCUT2D eigenvalue weighted by molar-refractivity contribution is 4.87. The van der Waals surface area contributed by atoms with E-state index >= 15 is 0 Å². The maximum absolute atomic E-state index is 5.21. The van der Waals surface area contributed by atoms with Crippen LogP contribution in [0.5, 0.6) is 0 Å². The van der Waals surface area contributed by atoms with E-state index in [9.17, 15) is 0 Å². The first-order chi connectivity index (χ1) is 5.92. The van der Waals surface area contributed by atoms with E-state index < -0.39 is 0 Å². The van der Waals surface area contributed by atoms with Crippen molar-refractivity contribution in [1.29, 1.82) is 0 Å². The molecule has 0 aromatic rings. The summed E-state index contributed by atoms with van der Waals surface area (Å²) in [5.74, 6) is 0. The van der Waals surface area contributed by atoms with Crippen molar-refractivity contribution in [1.82, 2.24) is 0 Å². The molecule has 0 aliphatic rings. The third-order valence-corrected chi connectivity index (χ3v) is 0.968. The quantitative estimate of drug-likeness (QED) is 0.277. The van der Waals surface area contributed by atoms with Gasteiger partial charge in [-0.05, 0) is 27.7 Å². The predicted molar refractivity (Wildman–Crippen MR) is 52.4 cm³/mol. The van der Waals surface area contributed by atoms with Crippen LogP contribution in [0, 0.1) is 0 Å². The Morgan fingerprint density at radius 1 is 1.23 bits per heavy atom. The summed E-state index contributed by atoms with van der Waals surface area (Å²) in [7, 11) is 0. The second-order valence-corrected chi connectivity index (χ2v) is 4.03. The van der Waals surface area contributed by atoms with Crippen molar-refractivity contribution in [2.24, 2.45) is 0 Å². The van der Waals surface area contributed by atoms with Gasteiger partial charge < -0.3 is 4.74 Å². The standard InChI is InChI=1S/C10H20O3/c1-9(2)8-11-6-7-12-13-10(3,4)5/h1,6-8H2,2-5H3. The van der Waals surface area contributed by atoms with Gasteiger partial charge >= 0.3 is 0 Å². The Balaban J connectivity index is 3.13. The molecule has 0 bridgehead atoms. The Kier molecular flexibility index (Phi) is 5.95. The van der Waals surface area contributed by atoms with E-state index in [0.717, 1.165) is 5.57 Å². The summed E-state index contributed by atoms with van der Waals surface area (Å²) in [6.45, 7) is 13.0. The summed E-state index contributed by atoms with van der Waals surface area (Å²) in [6.07, 6.45) is 0. The fraction of sp³-hybridized carbons (Fsp3) is 0.800. The van der Waals surface area contributed by atoms with Gasteiger partial charge in [-0.1, -0.05) is 12.2 Å². The van der Waals surface area contributed by atoms with Crippen molar-refractivity contribution < 1.29 is 14.5 Å². The van der Waals surface area contributed by atoms with Gasteiger partial charge in [-0.3, -0.25) is 0 Å². The minimum atomic E-state index is -0.256. The van der Waals surface area contributed by atoms with Crippen LogP contribution in [0.4, 0.5) is 0 Å². The third kappa shape index (κ3) is 11.6. The second-order valence-electron chi connectivity index (χ2n) is 4.03. The van der Waals surface area contributed by atoms with Gasteiger partial charge in [-0.15, -0.1) is 0 Å². The minimum absolute atomic E-state index is 0.256. The highest BCUT2D eigenvalue weighted by Gasteiger charge is 2.10. The first-order valence-corrected chi connectivity index (χ1v) is 4.44. The number of hydrogen-bond donors (Lipinski definition) is 0. The average Bonchev–Trinajstić information content (AvgIpc) is 1.93. The van der Waals surface area contributed by atoms with Crippen molar-refractivity contribution >= 4 is 0 Å². The molecule has 0 rings (SSSR count). The molecule has 0 saturated heterocycles. The van der Waals surface area contributed by atoms with Crippen molar-refractivity contribution in [2.45, 2.75) is 33.3 Å². The fourth-order valence-electron chi connectivity index (χ4n) is 0.558. The molecule has 0 amide bonds. The molecule has 0 aromatic carbocycles. The van der Waals surface area contributed by atoms with Crippen LogP contribution < -0.4 is 0 Å². The summed E-state index contributed by atoms with van der Waals surface area (Å²) in [4.78, 5) is 9.96. The summed E-state index contributed by atoms with van der Waals surface area (Å²) in [5, 5.41) is 0. The first-order valence-electron chi connectivity index (χ1n) is 4.44. The molecule has 0 N–H and O–H groups in total. The zero-order valence-electron chi connectivity index (χ0n) is 9.05. The molecular weight excluding hydrogens is 168 g/mol. The van der Waals surface area contributed by atoms with E-state index in [1.807, 2.05) is 27.7 Å². The van der Waals surface area contributed by atoms with E-state index in [0.29, 0.717) is 19.8 Å². The molecule has 0 spiro atoms. The summed E-state index contributed by atoms with van der Waals surface area (Å²) in [5.41, 5.74) is 0.755. The monoisotopic (exact) mass is 188 g/mol. The van der Waals surface area contributed by atoms with Crippen molar-refractivity contribution in [3.63, 3.8) is 0 Å². The van der Waals surface area contributed by atoms with Crippen LogP contribution in [-0.4, -0.2) is 25.4 Å². The number of hydrogen-bond acceptors (Lipinski definition) is 3. The van der Waals surface area contributed by atoms with E-state index in [4.69, 9.17) is 14.5 Å². The molecule has 0 unspecified atom stereocenters. The highest BCUT2D eigenvalue weighted by atomic mass is 17.2. The average molecular weight is 188 g/mol. The number of rotatable bonds is 6. The molecule has 3 heteroatoms. The molecule has 0 aliphatic heterocycles. The Morgan fingerprint density at radius 3 is 2.31 bits per heavy atom. The summed E-state index contributed by atoms with van der Waals surface area (Å²) in [6, 6.07) is 0. The smallest absolute Gasteiger partial charge is 0.106 e. The van der Waals surface area contributed by atoms with Crippen LogP contribution >= 0.6 is 0 Å². The maximum atomic E-state index is 5.21. The van der Waals surface area contributed by atoms with Crippen LogP contribution in [0.25, 0.3) is 0 Å². The molecular formula is C10H20O3. The van der Waals surface area contributed by atoms with E-state index in [-0.39, 0.29) is 5.60 Å². The van der Waals surface area contributed by atoms with Crippen molar-refractivity contribution in [3.8, 4) is 0 Å². The van der Waals surface area contributed by atoms with Gasteiger partial charge in [0.25, 0.3) is 0 Å². The lowest BCUT2D eigenvalue weighted by molar-refractivity contribution is -0.351. The van der Waals surface area contributed by atoms with Crippen LogP contribution in [-0.2, 0) is 14.5 Å². The molecule has 0 aromatic heterocycles. The molecule has 78 valence electrons. The normalized spacial score (nSPS) is 11.7. The highest BCUT2D eigenvalue weighted by Crippen LogP contribution is 2.06. The van der Waals surface area contributed by atoms with Crippen molar-refractivity contribution in [3.05, 3.63) is 12.2 Å². The van der Waals surface area contributed by atoms with Crippen LogP contribution in [0.15, 0.2) is 12.2 Å². The fourth-order valence-corrected chi connectivity index (χ4v) is 0.558. The lowest BCUT2D eigenvalue weighted by Gasteiger charge is -2.17. The van der Waals surface area contributed by atoms with Gasteiger partial charge in [0.05, 0.1) is 18.8 Å². The second kappa shape index (κ2) is 6.13. The molecule has 0 radical (unpaired) electrons. The van der Waals surface area contributed by atoms with Gasteiger partial charge in [-0.2, -0.15) is 0 Å². The maximum Gasteiger partial charge on any atom is 0.106 e. The van der Waals surface area contributed by atoms with Crippen LogP contribution in [0.3, 0.4) is 0 Å². The Labute approximate surface area is 80.6 Å². The van der Waals surface area contributed by atoms with Gasteiger partial charge in [0.2, 0.25) is 0 Å². The van der Waals surface area contributed by atoms with E-state index in [2.05, 4.69) is 6.58 Å². The zero-order valence-corrected chi connectivity index (χ0v) is 9.05. The SMILES string of the molecule is C=C(C)COCCOOC(C)(C)C. The van der Waals surface area contributed by atoms with E-state index in [1.54, 1.807) is 0 Å². The van der Waals surface area contributed by atoms with Gasteiger partial charge in [0, 0.05) is 0 Å². The van der Waals surface area contributed by atoms with E-state index in [1.165, 1.54) is 0 Å². The lowest BCUT2D eigenvalue weighted by atomic mass is 10.2. The Morgan fingerprint density at radius 2 is 1.85 bits per heavy atom. The topological polar surface area (TPSA) is 27.7 Å². The molecule has 0 saturated carbocycles. The third-order valence-electron chi connectivity index (χ3n) is 0.968. The predicted octanol–water partition coefficient (Wildman–Crippen LogP) is 2.33. The molecule has 3 nitrogen and oxygen atoms in total. The van der Waals surface area contributed by atoms with Crippen LogP contribution in [0.2, 0.25) is 0 Å².